The number of hydrogen-bond donors (Lipinski definition) is 1. The summed E-state index contributed by atoms with van der Waals surface area (Å²) in [5.74, 6) is -0.556. The number of hydrogen-bond acceptors (Lipinski definition) is 6. The van der Waals surface area contributed by atoms with Gasteiger partial charge < -0.3 is 10.5 Å². The number of carbonyl (C=O) groups is 1. The van der Waals surface area contributed by atoms with Crippen LogP contribution in [0.4, 0.5) is 4.39 Å². The molecule has 1 aromatic carbocycles. The van der Waals surface area contributed by atoms with Gasteiger partial charge in [-0.05, 0) is 64.3 Å². The third-order valence-corrected chi connectivity index (χ3v) is 6.51. The van der Waals surface area contributed by atoms with Gasteiger partial charge in [0.05, 0.1) is 30.5 Å². The Labute approximate surface area is 202 Å². The van der Waals surface area contributed by atoms with Crippen LogP contribution in [0.1, 0.15) is 40.2 Å². The zero-order valence-electron chi connectivity index (χ0n) is 18.0. The molecule has 2 unspecified atom stereocenters. The van der Waals surface area contributed by atoms with Crippen LogP contribution >= 0.6 is 15.9 Å². The SMILES string of the molecule is CC1(C#N)COC(Cc2cc3nc(-n4cc(F)c(Br)n4)ccc3cn2)c2ccc(C(N)=O)cc21. The summed E-state index contributed by atoms with van der Waals surface area (Å²) in [6.45, 7) is 1.96. The Morgan fingerprint density at radius 2 is 2.21 bits per heavy atom. The van der Waals surface area contributed by atoms with Crippen molar-refractivity contribution in [2.75, 3.05) is 6.61 Å². The number of fused-ring (bicyclic) bond motifs is 2. The maximum atomic E-state index is 13.7. The first-order valence-electron chi connectivity index (χ1n) is 10.4. The molecule has 34 heavy (non-hydrogen) atoms. The fourth-order valence-electron chi connectivity index (χ4n) is 4.09. The van der Waals surface area contributed by atoms with Crippen LogP contribution < -0.4 is 5.73 Å². The van der Waals surface area contributed by atoms with E-state index in [2.05, 4.69) is 37.1 Å². The Kier molecular flexibility index (Phi) is 5.38. The molecule has 1 aliphatic rings. The van der Waals surface area contributed by atoms with Gasteiger partial charge in [0.1, 0.15) is 5.41 Å². The quantitative estimate of drug-likeness (QED) is 0.435. The summed E-state index contributed by atoms with van der Waals surface area (Å²) in [6.07, 6.45) is 3.05. The number of nitrogens with zero attached hydrogens (tertiary/aromatic N) is 5. The lowest BCUT2D eigenvalue weighted by atomic mass is 9.77. The number of rotatable bonds is 4. The fourth-order valence-corrected chi connectivity index (χ4v) is 4.36. The highest BCUT2D eigenvalue weighted by Crippen LogP contribution is 2.39. The number of benzene rings is 1. The summed E-state index contributed by atoms with van der Waals surface area (Å²) in [6, 6.07) is 12.8. The van der Waals surface area contributed by atoms with Crippen molar-refractivity contribution in [1.29, 1.82) is 5.26 Å². The third-order valence-electron chi connectivity index (χ3n) is 5.97. The molecular weight excluding hydrogens is 503 g/mol. The number of pyridine rings is 2. The van der Waals surface area contributed by atoms with Gasteiger partial charge >= 0.3 is 0 Å². The number of carbonyl (C=O) groups excluding carboxylic acids is 1. The predicted molar refractivity (Wildman–Crippen MR) is 125 cm³/mol. The summed E-state index contributed by atoms with van der Waals surface area (Å²) >= 11 is 3.06. The summed E-state index contributed by atoms with van der Waals surface area (Å²) < 4.78 is 21.3. The van der Waals surface area contributed by atoms with Gasteiger partial charge in [0.2, 0.25) is 5.91 Å². The molecule has 0 aliphatic carbocycles. The van der Waals surface area contributed by atoms with E-state index in [0.29, 0.717) is 23.3 Å². The Balaban J connectivity index is 1.50. The van der Waals surface area contributed by atoms with Crippen molar-refractivity contribution in [2.45, 2.75) is 24.9 Å². The Hall–Kier alpha value is -3.68. The van der Waals surface area contributed by atoms with Crippen LogP contribution in [0.15, 0.2) is 53.4 Å². The standard InChI is InChI=1S/C24H18BrFN6O2/c1-24(11-27)12-34-20(16-4-2-13(23(28)33)6-17(16)24)8-15-7-19-14(9-29-15)3-5-21(30-19)32-10-18(26)22(25)31-32/h2-7,9-10,20H,8,12H2,1H3,(H2,28,33). The van der Waals surface area contributed by atoms with E-state index in [4.69, 9.17) is 10.5 Å². The van der Waals surface area contributed by atoms with Crippen molar-refractivity contribution < 1.29 is 13.9 Å². The van der Waals surface area contributed by atoms with E-state index in [1.165, 1.54) is 10.9 Å². The number of primary amides is 1. The van der Waals surface area contributed by atoms with E-state index < -0.39 is 17.1 Å². The second-order valence-corrected chi connectivity index (χ2v) is 9.12. The van der Waals surface area contributed by atoms with Gasteiger partial charge in [-0.25, -0.2) is 14.1 Å². The van der Waals surface area contributed by atoms with Crippen LogP contribution in [0.25, 0.3) is 16.7 Å². The lowest BCUT2D eigenvalue weighted by Gasteiger charge is -2.35. The highest BCUT2D eigenvalue weighted by Gasteiger charge is 2.38. The molecule has 0 bridgehead atoms. The van der Waals surface area contributed by atoms with Crippen LogP contribution in [0, 0.1) is 17.1 Å². The molecule has 3 aromatic heterocycles. The molecule has 5 rings (SSSR count). The smallest absolute Gasteiger partial charge is 0.248 e. The molecule has 0 radical (unpaired) electrons. The summed E-state index contributed by atoms with van der Waals surface area (Å²) in [5, 5.41) is 14.7. The molecule has 2 atom stereocenters. The minimum atomic E-state index is -0.891. The highest BCUT2D eigenvalue weighted by molar-refractivity contribution is 9.10. The number of ether oxygens (including phenoxy) is 1. The Morgan fingerprint density at radius 1 is 1.38 bits per heavy atom. The lowest BCUT2D eigenvalue weighted by Crippen LogP contribution is -2.35. The minimum absolute atomic E-state index is 0.113. The van der Waals surface area contributed by atoms with Gasteiger partial charge in [0, 0.05) is 29.3 Å². The Bertz CT molecular complexity index is 1480. The monoisotopic (exact) mass is 520 g/mol. The largest absolute Gasteiger partial charge is 0.371 e. The van der Waals surface area contributed by atoms with Crippen molar-refractivity contribution in [3.05, 3.63) is 81.6 Å². The van der Waals surface area contributed by atoms with Gasteiger partial charge in [-0.1, -0.05) is 6.07 Å². The van der Waals surface area contributed by atoms with Crippen molar-refractivity contribution >= 4 is 32.7 Å². The van der Waals surface area contributed by atoms with Gasteiger partial charge in [0.25, 0.3) is 0 Å². The zero-order chi connectivity index (χ0) is 24.0. The number of aromatic nitrogens is 4. The van der Waals surface area contributed by atoms with Gasteiger partial charge in [-0.15, -0.1) is 0 Å². The van der Waals surface area contributed by atoms with Crippen LogP contribution in [0.5, 0.6) is 0 Å². The number of nitrogens with two attached hydrogens (primary N) is 1. The first kappa shape index (κ1) is 22.1. The molecule has 170 valence electrons. The highest BCUT2D eigenvalue weighted by atomic mass is 79.9. The summed E-state index contributed by atoms with van der Waals surface area (Å²) in [5.41, 5.74) is 7.88. The van der Waals surface area contributed by atoms with Crippen molar-refractivity contribution in [3.8, 4) is 11.9 Å². The molecule has 0 saturated heterocycles. The van der Waals surface area contributed by atoms with Gasteiger partial charge in [0.15, 0.2) is 16.2 Å². The average molecular weight is 521 g/mol. The fraction of sp³-hybridized carbons (Fsp3) is 0.208. The van der Waals surface area contributed by atoms with Crippen molar-refractivity contribution in [2.24, 2.45) is 5.73 Å². The Morgan fingerprint density at radius 3 is 2.91 bits per heavy atom. The molecule has 0 spiro atoms. The van der Waals surface area contributed by atoms with Gasteiger partial charge in [-0.2, -0.15) is 10.4 Å². The van der Waals surface area contributed by atoms with E-state index in [1.54, 1.807) is 37.4 Å². The lowest BCUT2D eigenvalue weighted by molar-refractivity contribution is 0.0154. The average Bonchev–Trinajstić information content (AvgIpc) is 3.18. The summed E-state index contributed by atoms with van der Waals surface area (Å²) in [4.78, 5) is 20.8. The van der Waals surface area contributed by atoms with Crippen LogP contribution in [-0.4, -0.2) is 32.3 Å². The molecule has 8 nitrogen and oxygen atoms in total. The van der Waals surface area contributed by atoms with E-state index in [9.17, 15) is 14.4 Å². The normalized spacial score (nSPS) is 19.5. The first-order valence-corrected chi connectivity index (χ1v) is 11.2. The molecule has 4 aromatic rings. The van der Waals surface area contributed by atoms with Crippen molar-refractivity contribution in [3.63, 3.8) is 0 Å². The second-order valence-electron chi connectivity index (χ2n) is 8.36. The molecule has 1 aliphatic heterocycles. The minimum Gasteiger partial charge on any atom is -0.371 e. The maximum Gasteiger partial charge on any atom is 0.248 e. The number of nitriles is 1. The second kappa shape index (κ2) is 8.27. The molecule has 0 saturated carbocycles. The van der Waals surface area contributed by atoms with Crippen molar-refractivity contribution in [1.82, 2.24) is 19.7 Å². The molecule has 4 heterocycles. The predicted octanol–water partition coefficient (Wildman–Crippen LogP) is 3.91. The third kappa shape index (κ3) is 3.83. The molecule has 2 N–H and O–H groups in total. The molecule has 10 heteroatoms. The first-order chi connectivity index (χ1) is 16.3. The molecular formula is C24H18BrFN6O2. The van der Waals surface area contributed by atoms with Crippen LogP contribution in [-0.2, 0) is 16.6 Å². The van der Waals surface area contributed by atoms with Crippen LogP contribution in [0.3, 0.4) is 0 Å². The summed E-state index contributed by atoms with van der Waals surface area (Å²) in [7, 11) is 0. The number of halogens is 2. The maximum absolute atomic E-state index is 13.7. The molecule has 1 amide bonds. The van der Waals surface area contributed by atoms with E-state index in [1.807, 2.05) is 12.1 Å². The van der Waals surface area contributed by atoms with Crippen LogP contribution in [0.2, 0.25) is 0 Å². The van der Waals surface area contributed by atoms with E-state index in [-0.39, 0.29) is 17.3 Å². The number of amides is 1. The van der Waals surface area contributed by atoms with Gasteiger partial charge in [-0.3, -0.25) is 9.78 Å². The topological polar surface area (TPSA) is 120 Å². The van der Waals surface area contributed by atoms with E-state index in [0.717, 1.165) is 22.2 Å². The molecule has 0 fully saturated rings. The van der Waals surface area contributed by atoms with E-state index >= 15 is 0 Å². The zero-order valence-corrected chi connectivity index (χ0v) is 19.6.